The van der Waals surface area contributed by atoms with Crippen molar-refractivity contribution in [2.75, 3.05) is 26.2 Å². The molecule has 0 saturated carbocycles. The molecular formula is C20H18ClF3N4O4. The van der Waals surface area contributed by atoms with Gasteiger partial charge in [0.05, 0.1) is 29.7 Å². The Bertz CT molecular complexity index is 1070. The minimum Gasteiger partial charge on any atom is -0.497 e. The monoisotopic (exact) mass is 470 g/mol. The summed E-state index contributed by atoms with van der Waals surface area (Å²) in [5.41, 5.74) is -0.308. The standard InChI is InChI=1S/C20H18ClF3N4O4/c1-26(17-13(21)8-11(9-25-17)20(22,23)24)28-18(29)14-15(27(2)32-16(14)19(28)30)10-4-6-12(31-3)7-5-10/h4-9,14-16H,1-3H3/t14-,15+,16+/m0/s1. The van der Waals surface area contributed by atoms with Crippen LogP contribution in [0, 0.1) is 5.92 Å². The van der Waals surface area contributed by atoms with Crippen LogP contribution in [0.25, 0.3) is 0 Å². The molecule has 4 rings (SSSR count). The van der Waals surface area contributed by atoms with Gasteiger partial charge in [0.1, 0.15) is 5.75 Å². The van der Waals surface area contributed by atoms with Gasteiger partial charge in [-0.3, -0.25) is 19.4 Å². The van der Waals surface area contributed by atoms with Crippen LogP contribution in [0.15, 0.2) is 36.5 Å². The summed E-state index contributed by atoms with van der Waals surface area (Å²) >= 11 is 6.00. The van der Waals surface area contributed by atoms with E-state index >= 15 is 0 Å². The Labute approximate surface area is 186 Å². The number of carbonyl (C=O) groups is 2. The van der Waals surface area contributed by atoms with Crippen LogP contribution in [0.4, 0.5) is 19.0 Å². The Hall–Kier alpha value is -2.89. The number of halogens is 4. The number of rotatable bonds is 4. The lowest BCUT2D eigenvalue weighted by Gasteiger charge is -2.30. The molecule has 8 nitrogen and oxygen atoms in total. The molecule has 1 aromatic heterocycles. The zero-order valence-electron chi connectivity index (χ0n) is 17.1. The number of amides is 2. The van der Waals surface area contributed by atoms with Crippen LogP contribution in [0.5, 0.6) is 5.75 Å². The van der Waals surface area contributed by atoms with E-state index in [2.05, 4.69) is 4.98 Å². The van der Waals surface area contributed by atoms with E-state index in [-0.39, 0.29) is 10.8 Å². The molecule has 0 aliphatic carbocycles. The van der Waals surface area contributed by atoms with Crippen LogP contribution < -0.4 is 9.75 Å². The molecule has 0 unspecified atom stereocenters. The number of imide groups is 1. The molecule has 2 saturated heterocycles. The van der Waals surface area contributed by atoms with Gasteiger partial charge in [-0.1, -0.05) is 23.7 Å². The molecule has 3 atom stereocenters. The number of anilines is 1. The van der Waals surface area contributed by atoms with Crippen LogP contribution in [-0.4, -0.2) is 54.2 Å². The molecule has 2 amide bonds. The third kappa shape index (κ3) is 3.55. The fourth-order valence-corrected chi connectivity index (χ4v) is 4.26. The van der Waals surface area contributed by atoms with E-state index in [0.29, 0.717) is 18.0 Å². The van der Waals surface area contributed by atoms with Crippen LogP contribution in [0.1, 0.15) is 17.2 Å². The van der Waals surface area contributed by atoms with Crippen LogP contribution in [0.2, 0.25) is 5.02 Å². The minimum absolute atomic E-state index is 0.171. The van der Waals surface area contributed by atoms with E-state index in [9.17, 15) is 22.8 Å². The van der Waals surface area contributed by atoms with Gasteiger partial charge in [-0.15, -0.1) is 0 Å². The molecule has 1 aromatic carbocycles. The molecule has 32 heavy (non-hydrogen) atoms. The summed E-state index contributed by atoms with van der Waals surface area (Å²) in [4.78, 5) is 35.7. The number of hydroxylamine groups is 2. The highest BCUT2D eigenvalue weighted by Crippen LogP contribution is 2.45. The second-order valence-electron chi connectivity index (χ2n) is 7.36. The summed E-state index contributed by atoms with van der Waals surface area (Å²) in [6.07, 6.45) is -5.13. The highest BCUT2D eigenvalue weighted by atomic mass is 35.5. The Kier molecular flexibility index (Phi) is 5.51. The second kappa shape index (κ2) is 7.91. The summed E-state index contributed by atoms with van der Waals surface area (Å²) in [6, 6.07) is 7.13. The first kappa shape index (κ1) is 22.3. The third-order valence-electron chi connectivity index (χ3n) is 5.50. The first-order valence-corrected chi connectivity index (χ1v) is 9.80. The number of alkyl halides is 3. The van der Waals surface area contributed by atoms with Gasteiger partial charge in [0, 0.05) is 20.3 Å². The molecule has 2 fully saturated rings. The van der Waals surface area contributed by atoms with Crippen molar-refractivity contribution in [3.05, 3.63) is 52.7 Å². The number of carbonyl (C=O) groups excluding carboxylic acids is 2. The number of methoxy groups -OCH3 is 1. The number of hydrazine groups is 1. The Morgan fingerprint density at radius 1 is 1.19 bits per heavy atom. The number of benzene rings is 1. The Morgan fingerprint density at radius 2 is 1.84 bits per heavy atom. The predicted octanol–water partition coefficient (Wildman–Crippen LogP) is 3.09. The number of pyridine rings is 1. The summed E-state index contributed by atoms with van der Waals surface area (Å²) in [7, 11) is 4.48. The normalized spacial score (nSPS) is 23.6. The Balaban J connectivity index is 1.64. The van der Waals surface area contributed by atoms with Crippen molar-refractivity contribution >= 4 is 29.2 Å². The molecular weight excluding hydrogens is 453 g/mol. The maximum atomic E-state index is 13.3. The fourth-order valence-electron chi connectivity index (χ4n) is 3.97. The maximum absolute atomic E-state index is 13.3. The van der Waals surface area contributed by atoms with Crippen molar-refractivity contribution in [1.29, 1.82) is 0 Å². The lowest BCUT2D eigenvalue weighted by atomic mass is 9.91. The molecule has 0 N–H and O–H groups in total. The molecule has 2 aliphatic rings. The largest absolute Gasteiger partial charge is 0.497 e. The van der Waals surface area contributed by atoms with E-state index < -0.39 is 41.6 Å². The topological polar surface area (TPSA) is 75.2 Å². The zero-order chi connectivity index (χ0) is 23.4. The first-order valence-electron chi connectivity index (χ1n) is 9.42. The predicted molar refractivity (Wildman–Crippen MR) is 106 cm³/mol. The summed E-state index contributed by atoms with van der Waals surface area (Å²) < 4.78 is 43.9. The molecule has 2 aromatic rings. The number of fused-ring (bicyclic) bond motifs is 1. The first-order chi connectivity index (χ1) is 15.0. The van der Waals surface area contributed by atoms with Crippen LogP contribution in [-0.2, 0) is 20.6 Å². The lowest BCUT2D eigenvalue weighted by Crippen LogP contribution is -2.47. The van der Waals surface area contributed by atoms with Gasteiger partial charge in [0.25, 0.3) is 11.8 Å². The summed E-state index contributed by atoms with van der Waals surface area (Å²) in [6.45, 7) is 0. The third-order valence-corrected chi connectivity index (χ3v) is 5.78. The second-order valence-corrected chi connectivity index (χ2v) is 7.76. The van der Waals surface area contributed by atoms with Crippen molar-refractivity contribution in [3.63, 3.8) is 0 Å². The Morgan fingerprint density at radius 3 is 2.41 bits per heavy atom. The van der Waals surface area contributed by atoms with E-state index in [0.717, 1.165) is 15.6 Å². The number of hydrogen-bond acceptors (Lipinski definition) is 7. The number of aromatic nitrogens is 1. The van der Waals surface area contributed by atoms with Gasteiger partial charge in [0.15, 0.2) is 11.9 Å². The molecule has 12 heteroatoms. The molecule has 3 heterocycles. The van der Waals surface area contributed by atoms with Gasteiger partial charge in [-0.2, -0.15) is 23.2 Å². The van der Waals surface area contributed by atoms with Gasteiger partial charge >= 0.3 is 6.18 Å². The van der Waals surface area contributed by atoms with E-state index in [1.54, 1.807) is 31.3 Å². The van der Waals surface area contributed by atoms with Crippen LogP contribution in [0.3, 0.4) is 0 Å². The summed E-state index contributed by atoms with van der Waals surface area (Å²) in [5, 5.41) is 2.94. The molecule has 0 bridgehead atoms. The van der Waals surface area contributed by atoms with E-state index in [1.807, 2.05) is 0 Å². The van der Waals surface area contributed by atoms with Crippen molar-refractivity contribution in [1.82, 2.24) is 15.1 Å². The number of ether oxygens (including phenoxy) is 1. The zero-order valence-corrected chi connectivity index (χ0v) is 17.9. The van der Waals surface area contributed by atoms with Gasteiger partial charge in [-0.05, 0) is 23.8 Å². The van der Waals surface area contributed by atoms with Crippen LogP contribution >= 0.6 is 11.6 Å². The fraction of sp³-hybridized carbons (Fsp3) is 0.350. The van der Waals surface area contributed by atoms with E-state index in [4.69, 9.17) is 21.2 Å². The highest BCUT2D eigenvalue weighted by molar-refractivity contribution is 6.33. The van der Waals surface area contributed by atoms with Gasteiger partial charge in [-0.25, -0.2) is 4.98 Å². The smallest absolute Gasteiger partial charge is 0.417 e. The molecule has 2 aliphatic heterocycles. The van der Waals surface area contributed by atoms with Crippen molar-refractivity contribution in [2.24, 2.45) is 5.92 Å². The molecule has 170 valence electrons. The van der Waals surface area contributed by atoms with Crippen molar-refractivity contribution < 1.29 is 32.3 Å². The highest BCUT2D eigenvalue weighted by Gasteiger charge is 2.60. The average Bonchev–Trinajstić information content (AvgIpc) is 3.20. The van der Waals surface area contributed by atoms with Crippen molar-refractivity contribution in [3.8, 4) is 5.75 Å². The van der Waals surface area contributed by atoms with Crippen molar-refractivity contribution in [2.45, 2.75) is 18.3 Å². The molecule has 0 radical (unpaired) electrons. The van der Waals surface area contributed by atoms with Gasteiger partial charge < -0.3 is 4.74 Å². The summed E-state index contributed by atoms with van der Waals surface area (Å²) in [5.74, 6) is -1.65. The average molecular weight is 471 g/mol. The SMILES string of the molecule is COc1ccc([C@@H]2[C@@H]3C(=O)N(N(C)c4ncc(C(F)(F)F)cc4Cl)C(=O)[C@@H]3ON2C)cc1. The molecule has 0 spiro atoms. The minimum atomic E-state index is -4.63. The van der Waals surface area contributed by atoms with E-state index in [1.165, 1.54) is 19.2 Å². The lowest BCUT2D eigenvalue weighted by molar-refractivity contribution is -0.170. The quantitative estimate of drug-likeness (QED) is 0.636. The number of hydrogen-bond donors (Lipinski definition) is 0. The van der Waals surface area contributed by atoms with Gasteiger partial charge in [0.2, 0.25) is 0 Å². The maximum Gasteiger partial charge on any atom is 0.417 e. The number of nitrogens with zero attached hydrogens (tertiary/aromatic N) is 4.